The van der Waals surface area contributed by atoms with Crippen LogP contribution in [0.15, 0.2) is 54.6 Å². The molecule has 0 aliphatic carbocycles. The van der Waals surface area contributed by atoms with Crippen molar-refractivity contribution in [2.75, 3.05) is 0 Å². The number of amides is 3. The SMILES string of the molecule is CC(C)CC(N)C(=O)NC(Cc1ccccc1)C(=O)NC(C)C(=O)NC(Cc1ccc(O)cc1)C(=O)O. The molecule has 0 saturated carbocycles. The number of aliphatic carboxylic acids is 1. The van der Waals surface area contributed by atoms with Crippen LogP contribution in [0.5, 0.6) is 5.75 Å². The van der Waals surface area contributed by atoms with Crippen molar-refractivity contribution in [3.05, 3.63) is 65.7 Å². The summed E-state index contributed by atoms with van der Waals surface area (Å²) < 4.78 is 0. The Bertz CT molecular complexity index is 1060. The molecular formula is C27H36N4O6. The molecule has 2 rings (SSSR count). The Balaban J connectivity index is 2.07. The van der Waals surface area contributed by atoms with E-state index in [2.05, 4.69) is 16.0 Å². The number of aromatic hydroxyl groups is 1. The van der Waals surface area contributed by atoms with Crippen molar-refractivity contribution in [3.63, 3.8) is 0 Å². The maximum Gasteiger partial charge on any atom is 0.326 e. The largest absolute Gasteiger partial charge is 0.508 e. The summed E-state index contributed by atoms with van der Waals surface area (Å²) in [6.07, 6.45) is 0.615. The van der Waals surface area contributed by atoms with Crippen molar-refractivity contribution in [1.29, 1.82) is 0 Å². The fourth-order valence-corrected chi connectivity index (χ4v) is 3.70. The standard InChI is InChI=1S/C27H36N4O6/c1-16(2)13-21(28)25(34)30-22(14-18-7-5-4-6-8-18)26(35)29-17(3)24(33)31-23(27(36)37)15-19-9-11-20(32)12-10-19/h4-12,16-17,21-23,32H,13-15,28H2,1-3H3,(H,29,35)(H,30,34)(H,31,33)(H,36,37). The molecule has 10 nitrogen and oxygen atoms in total. The first-order valence-corrected chi connectivity index (χ1v) is 12.2. The Morgan fingerprint density at radius 2 is 1.30 bits per heavy atom. The van der Waals surface area contributed by atoms with E-state index in [-0.39, 0.29) is 24.5 Å². The Labute approximate surface area is 216 Å². The number of carboxylic acids is 1. The molecule has 200 valence electrons. The Morgan fingerprint density at radius 1 is 0.757 bits per heavy atom. The van der Waals surface area contributed by atoms with Crippen LogP contribution < -0.4 is 21.7 Å². The lowest BCUT2D eigenvalue weighted by molar-refractivity contribution is -0.142. The minimum atomic E-state index is -1.25. The normalized spacial score (nSPS) is 14.2. The zero-order chi connectivity index (χ0) is 27.5. The van der Waals surface area contributed by atoms with Gasteiger partial charge in [-0.2, -0.15) is 0 Å². The van der Waals surface area contributed by atoms with E-state index in [1.54, 1.807) is 12.1 Å². The summed E-state index contributed by atoms with van der Waals surface area (Å²) in [7, 11) is 0. The molecule has 37 heavy (non-hydrogen) atoms. The van der Waals surface area contributed by atoms with Crippen molar-refractivity contribution in [2.24, 2.45) is 11.7 Å². The lowest BCUT2D eigenvalue weighted by Gasteiger charge is -2.24. The summed E-state index contributed by atoms with van der Waals surface area (Å²) in [6, 6.07) is 11.0. The van der Waals surface area contributed by atoms with E-state index in [1.807, 2.05) is 44.2 Å². The Kier molecular flexibility index (Phi) is 11.1. The minimum absolute atomic E-state index is 0.0115. The number of hydrogen-bond acceptors (Lipinski definition) is 6. The van der Waals surface area contributed by atoms with Gasteiger partial charge in [-0.05, 0) is 42.5 Å². The molecule has 0 aliphatic rings. The molecule has 2 aromatic carbocycles. The van der Waals surface area contributed by atoms with Gasteiger partial charge in [-0.15, -0.1) is 0 Å². The quantitative estimate of drug-likeness (QED) is 0.233. The highest BCUT2D eigenvalue weighted by molar-refractivity contribution is 5.94. The highest BCUT2D eigenvalue weighted by Crippen LogP contribution is 2.12. The van der Waals surface area contributed by atoms with Gasteiger partial charge in [-0.3, -0.25) is 14.4 Å². The lowest BCUT2D eigenvalue weighted by Crippen LogP contribution is -2.57. The zero-order valence-corrected chi connectivity index (χ0v) is 21.3. The van der Waals surface area contributed by atoms with Crippen molar-refractivity contribution >= 4 is 23.7 Å². The summed E-state index contributed by atoms with van der Waals surface area (Å²) in [5.74, 6) is -2.77. The van der Waals surface area contributed by atoms with Crippen molar-refractivity contribution < 1.29 is 29.4 Å². The van der Waals surface area contributed by atoms with E-state index in [9.17, 15) is 29.4 Å². The smallest absolute Gasteiger partial charge is 0.326 e. The average molecular weight is 513 g/mol. The number of benzene rings is 2. The molecule has 0 radical (unpaired) electrons. The number of hydrogen-bond donors (Lipinski definition) is 6. The number of nitrogens with two attached hydrogens (primary N) is 1. The topological polar surface area (TPSA) is 171 Å². The number of carbonyl (C=O) groups excluding carboxylic acids is 3. The van der Waals surface area contributed by atoms with Crippen LogP contribution >= 0.6 is 0 Å². The van der Waals surface area contributed by atoms with Gasteiger partial charge in [0.15, 0.2) is 0 Å². The van der Waals surface area contributed by atoms with Gasteiger partial charge in [-0.1, -0.05) is 56.3 Å². The number of nitrogens with one attached hydrogen (secondary N) is 3. The third kappa shape index (κ3) is 9.92. The second-order valence-electron chi connectivity index (χ2n) is 9.49. The number of phenolic OH excluding ortho intramolecular Hbond substituents is 1. The summed E-state index contributed by atoms with van der Waals surface area (Å²) >= 11 is 0. The van der Waals surface area contributed by atoms with E-state index < -0.39 is 47.9 Å². The zero-order valence-electron chi connectivity index (χ0n) is 21.3. The molecule has 4 unspecified atom stereocenters. The predicted octanol–water partition coefficient (Wildman–Crippen LogP) is 1.11. The Morgan fingerprint density at radius 3 is 1.86 bits per heavy atom. The molecule has 0 aromatic heterocycles. The van der Waals surface area contributed by atoms with Crippen LogP contribution in [-0.4, -0.2) is 58.1 Å². The molecule has 0 bridgehead atoms. The molecule has 0 spiro atoms. The molecular weight excluding hydrogens is 476 g/mol. The molecule has 0 fully saturated rings. The summed E-state index contributed by atoms with van der Waals surface area (Å²) in [5, 5.41) is 26.6. The molecule has 0 aliphatic heterocycles. The van der Waals surface area contributed by atoms with Gasteiger partial charge in [0, 0.05) is 12.8 Å². The maximum absolute atomic E-state index is 13.1. The number of carboxylic acid groups (broad SMARTS) is 1. The lowest BCUT2D eigenvalue weighted by atomic mass is 10.0. The van der Waals surface area contributed by atoms with Gasteiger partial charge in [0.1, 0.15) is 23.9 Å². The van der Waals surface area contributed by atoms with Gasteiger partial charge in [0.05, 0.1) is 6.04 Å². The number of phenols is 1. The van der Waals surface area contributed by atoms with Crippen LogP contribution in [0.4, 0.5) is 0 Å². The summed E-state index contributed by atoms with van der Waals surface area (Å²) in [6.45, 7) is 5.31. The van der Waals surface area contributed by atoms with Gasteiger partial charge in [0.25, 0.3) is 0 Å². The van der Waals surface area contributed by atoms with Crippen molar-refractivity contribution in [3.8, 4) is 5.75 Å². The van der Waals surface area contributed by atoms with Gasteiger partial charge >= 0.3 is 5.97 Å². The van der Waals surface area contributed by atoms with Crippen LogP contribution in [0, 0.1) is 5.92 Å². The monoisotopic (exact) mass is 512 g/mol. The molecule has 7 N–H and O–H groups in total. The predicted molar refractivity (Wildman–Crippen MR) is 138 cm³/mol. The first-order valence-electron chi connectivity index (χ1n) is 12.2. The summed E-state index contributed by atoms with van der Waals surface area (Å²) in [4.78, 5) is 50.2. The third-order valence-corrected chi connectivity index (χ3v) is 5.72. The molecule has 2 aromatic rings. The number of rotatable bonds is 13. The fourth-order valence-electron chi connectivity index (χ4n) is 3.70. The van der Waals surface area contributed by atoms with Gasteiger partial charge in [-0.25, -0.2) is 4.79 Å². The molecule has 3 amide bonds. The van der Waals surface area contributed by atoms with Gasteiger partial charge < -0.3 is 31.9 Å². The minimum Gasteiger partial charge on any atom is -0.508 e. The van der Waals surface area contributed by atoms with Crippen LogP contribution in [0.25, 0.3) is 0 Å². The summed E-state index contributed by atoms with van der Waals surface area (Å²) in [5.41, 5.74) is 7.39. The van der Waals surface area contributed by atoms with Crippen molar-refractivity contribution in [2.45, 2.75) is 64.2 Å². The first kappa shape index (κ1) is 29.3. The van der Waals surface area contributed by atoms with E-state index in [0.29, 0.717) is 12.0 Å². The van der Waals surface area contributed by atoms with Crippen molar-refractivity contribution in [1.82, 2.24) is 16.0 Å². The second kappa shape index (κ2) is 14.0. The van der Waals surface area contributed by atoms with Crippen LogP contribution in [0.3, 0.4) is 0 Å². The second-order valence-corrected chi connectivity index (χ2v) is 9.49. The highest BCUT2D eigenvalue weighted by Gasteiger charge is 2.29. The molecule has 0 saturated heterocycles. The molecule has 0 heterocycles. The van der Waals surface area contributed by atoms with E-state index in [1.165, 1.54) is 19.1 Å². The highest BCUT2D eigenvalue weighted by atomic mass is 16.4. The third-order valence-electron chi connectivity index (χ3n) is 5.72. The number of carbonyl (C=O) groups is 4. The van der Waals surface area contributed by atoms with Gasteiger partial charge in [0.2, 0.25) is 17.7 Å². The fraction of sp³-hybridized carbons (Fsp3) is 0.407. The van der Waals surface area contributed by atoms with Crippen LogP contribution in [0.2, 0.25) is 0 Å². The van der Waals surface area contributed by atoms with Crippen LogP contribution in [0.1, 0.15) is 38.3 Å². The van der Waals surface area contributed by atoms with E-state index >= 15 is 0 Å². The van der Waals surface area contributed by atoms with Crippen LogP contribution in [-0.2, 0) is 32.0 Å². The first-order chi connectivity index (χ1) is 17.5. The Hall–Kier alpha value is -3.92. The maximum atomic E-state index is 13.1. The average Bonchev–Trinajstić information content (AvgIpc) is 2.84. The molecule has 4 atom stereocenters. The molecule has 10 heteroatoms. The van der Waals surface area contributed by atoms with E-state index in [4.69, 9.17) is 5.73 Å². The van der Waals surface area contributed by atoms with E-state index in [0.717, 1.165) is 5.56 Å².